The predicted octanol–water partition coefficient (Wildman–Crippen LogP) is 1.79. The van der Waals surface area contributed by atoms with E-state index in [-0.39, 0.29) is 24.0 Å². The average Bonchev–Trinajstić information content (AvgIpc) is 2.56. The number of methoxy groups -OCH3 is 1. The average molecular weight is 339 g/mol. The van der Waals surface area contributed by atoms with Gasteiger partial charge in [0, 0.05) is 38.0 Å². The second-order valence-electron chi connectivity index (χ2n) is 6.04. The Morgan fingerprint density at radius 2 is 2.17 bits per heavy atom. The number of anilines is 1. The van der Waals surface area contributed by atoms with E-state index in [9.17, 15) is 14.3 Å². The van der Waals surface area contributed by atoms with Crippen molar-refractivity contribution in [1.82, 2.24) is 10.6 Å². The van der Waals surface area contributed by atoms with E-state index in [1.54, 1.807) is 13.2 Å². The summed E-state index contributed by atoms with van der Waals surface area (Å²) in [6.07, 6.45) is 1.11. The van der Waals surface area contributed by atoms with Crippen LogP contribution < -0.4 is 15.5 Å². The van der Waals surface area contributed by atoms with Crippen LogP contribution in [0.1, 0.15) is 31.4 Å². The monoisotopic (exact) mass is 339 g/mol. The molecule has 1 aromatic rings. The number of rotatable bonds is 6. The Kier molecular flexibility index (Phi) is 6.81. The van der Waals surface area contributed by atoms with Gasteiger partial charge in [-0.15, -0.1) is 0 Å². The maximum absolute atomic E-state index is 13.7. The van der Waals surface area contributed by atoms with Crippen molar-refractivity contribution >= 4 is 11.7 Å². The first kappa shape index (κ1) is 18.5. The van der Waals surface area contributed by atoms with Gasteiger partial charge in [-0.25, -0.2) is 9.18 Å². The molecule has 0 bridgehead atoms. The first-order valence-electron chi connectivity index (χ1n) is 8.27. The van der Waals surface area contributed by atoms with Crippen molar-refractivity contribution in [2.75, 3.05) is 38.3 Å². The largest absolute Gasteiger partial charge is 0.393 e. The van der Waals surface area contributed by atoms with Gasteiger partial charge in [0.15, 0.2) is 0 Å². The van der Waals surface area contributed by atoms with Gasteiger partial charge in [-0.05, 0) is 38.0 Å². The van der Waals surface area contributed by atoms with Crippen LogP contribution in [-0.4, -0.2) is 50.6 Å². The van der Waals surface area contributed by atoms with Crippen LogP contribution in [0.4, 0.5) is 14.9 Å². The molecule has 1 saturated heterocycles. The molecule has 0 radical (unpaired) electrons. The van der Waals surface area contributed by atoms with Crippen molar-refractivity contribution in [3.05, 3.63) is 29.6 Å². The van der Waals surface area contributed by atoms with Gasteiger partial charge in [-0.3, -0.25) is 0 Å². The fraction of sp³-hybridized carbons (Fsp3) is 0.588. The summed E-state index contributed by atoms with van der Waals surface area (Å²) in [5.74, 6) is -0.334. The summed E-state index contributed by atoms with van der Waals surface area (Å²) in [7, 11) is 1.57. The van der Waals surface area contributed by atoms with Crippen LogP contribution >= 0.6 is 0 Å². The highest BCUT2D eigenvalue weighted by Gasteiger charge is 2.22. The van der Waals surface area contributed by atoms with Crippen molar-refractivity contribution in [2.24, 2.45) is 0 Å². The lowest BCUT2D eigenvalue weighted by Crippen LogP contribution is -2.40. The van der Waals surface area contributed by atoms with Gasteiger partial charge in [0.05, 0.1) is 18.8 Å². The lowest BCUT2D eigenvalue weighted by Gasteiger charge is -2.34. The van der Waals surface area contributed by atoms with Gasteiger partial charge in [0.25, 0.3) is 0 Å². The molecule has 1 heterocycles. The van der Waals surface area contributed by atoms with Gasteiger partial charge in [0.2, 0.25) is 0 Å². The Morgan fingerprint density at radius 1 is 1.46 bits per heavy atom. The minimum Gasteiger partial charge on any atom is -0.393 e. The molecule has 1 fully saturated rings. The highest BCUT2D eigenvalue weighted by molar-refractivity contribution is 5.74. The van der Waals surface area contributed by atoms with Gasteiger partial charge in [-0.1, -0.05) is 0 Å². The summed E-state index contributed by atoms with van der Waals surface area (Å²) in [6.45, 7) is 4.10. The summed E-state index contributed by atoms with van der Waals surface area (Å²) < 4.78 is 18.6. The fourth-order valence-corrected chi connectivity index (χ4v) is 2.86. The highest BCUT2D eigenvalue weighted by Crippen LogP contribution is 2.29. The Balaban J connectivity index is 2.07. The van der Waals surface area contributed by atoms with E-state index in [2.05, 4.69) is 15.5 Å². The summed E-state index contributed by atoms with van der Waals surface area (Å²) in [5, 5.41) is 15.2. The highest BCUT2D eigenvalue weighted by atomic mass is 19.1. The van der Waals surface area contributed by atoms with Crippen LogP contribution in [-0.2, 0) is 4.74 Å². The molecule has 134 valence electrons. The maximum Gasteiger partial charge on any atom is 0.315 e. The molecule has 1 aromatic carbocycles. The van der Waals surface area contributed by atoms with Crippen LogP contribution in [0.3, 0.4) is 0 Å². The van der Waals surface area contributed by atoms with Crippen LogP contribution in [0, 0.1) is 5.82 Å². The lowest BCUT2D eigenvalue weighted by atomic mass is 10.0. The standard InChI is InChI=1S/C17H26FN3O3/c1-12(20-17(23)19-7-10-24-2)15-11-13(18)3-4-16(15)21-8-5-14(22)6-9-21/h3-4,11-12,14,22H,5-10H2,1-2H3,(H2,19,20,23)/t12-/m1/s1. The smallest absolute Gasteiger partial charge is 0.315 e. The Morgan fingerprint density at radius 3 is 2.83 bits per heavy atom. The van der Waals surface area contributed by atoms with Crippen molar-refractivity contribution in [3.63, 3.8) is 0 Å². The van der Waals surface area contributed by atoms with Gasteiger partial charge >= 0.3 is 6.03 Å². The number of benzene rings is 1. The quantitative estimate of drug-likeness (QED) is 0.691. The number of urea groups is 1. The third kappa shape index (κ3) is 5.07. The zero-order valence-corrected chi connectivity index (χ0v) is 14.2. The molecule has 1 aliphatic heterocycles. The second-order valence-corrected chi connectivity index (χ2v) is 6.04. The van der Waals surface area contributed by atoms with E-state index in [0.29, 0.717) is 39.1 Å². The number of carbonyl (C=O) groups excluding carboxylic acids is 1. The SMILES string of the molecule is COCCNC(=O)N[C@H](C)c1cc(F)ccc1N1CCC(O)CC1. The minimum atomic E-state index is -0.343. The first-order valence-corrected chi connectivity index (χ1v) is 8.27. The zero-order valence-electron chi connectivity index (χ0n) is 14.2. The number of ether oxygens (including phenoxy) is 1. The summed E-state index contributed by atoms with van der Waals surface area (Å²) in [4.78, 5) is 14.0. The molecule has 24 heavy (non-hydrogen) atoms. The topological polar surface area (TPSA) is 73.8 Å². The van der Waals surface area contributed by atoms with E-state index in [1.807, 2.05) is 6.92 Å². The molecule has 1 aliphatic rings. The normalized spacial score (nSPS) is 16.8. The fourth-order valence-electron chi connectivity index (χ4n) is 2.86. The molecule has 0 aliphatic carbocycles. The van der Waals surface area contributed by atoms with Gasteiger partial charge in [0.1, 0.15) is 5.82 Å². The molecule has 7 heteroatoms. The number of halogens is 1. The number of amides is 2. The Labute approximate surface area is 142 Å². The van der Waals surface area contributed by atoms with Crippen LogP contribution in [0.15, 0.2) is 18.2 Å². The van der Waals surface area contributed by atoms with E-state index in [0.717, 1.165) is 11.3 Å². The maximum atomic E-state index is 13.7. The first-order chi connectivity index (χ1) is 11.5. The number of carbonyl (C=O) groups is 1. The third-order valence-electron chi connectivity index (χ3n) is 4.20. The molecular formula is C17H26FN3O3. The molecule has 0 aromatic heterocycles. The van der Waals surface area contributed by atoms with Gasteiger partial charge < -0.3 is 25.4 Å². The zero-order chi connectivity index (χ0) is 17.5. The number of nitrogens with zero attached hydrogens (tertiary/aromatic N) is 1. The van der Waals surface area contributed by atoms with Crippen molar-refractivity contribution < 1.29 is 19.0 Å². The van der Waals surface area contributed by atoms with Crippen LogP contribution in [0.2, 0.25) is 0 Å². The van der Waals surface area contributed by atoms with Crippen LogP contribution in [0.5, 0.6) is 0 Å². The van der Waals surface area contributed by atoms with Crippen molar-refractivity contribution in [2.45, 2.75) is 31.9 Å². The lowest BCUT2D eigenvalue weighted by molar-refractivity contribution is 0.145. The molecule has 2 amide bonds. The second kappa shape index (κ2) is 8.84. The number of hydrogen-bond donors (Lipinski definition) is 3. The van der Waals surface area contributed by atoms with Crippen LogP contribution in [0.25, 0.3) is 0 Å². The molecule has 6 nitrogen and oxygen atoms in total. The molecule has 3 N–H and O–H groups in total. The molecular weight excluding hydrogens is 313 g/mol. The van der Waals surface area contributed by atoms with E-state index in [1.165, 1.54) is 12.1 Å². The number of aliphatic hydroxyl groups is 1. The molecule has 2 rings (SSSR count). The number of nitrogens with one attached hydrogen (secondary N) is 2. The molecule has 0 saturated carbocycles. The van der Waals surface area contributed by atoms with E-state index in [4.69, 9.17) is 4.74 Å². The van der Waals surface area contributed by atoms with E-state index < -0.39 is 0 Å². The number of hydrogen-bond acceptors (Lipinski definition) is 4. The molecule has 0 spiro atoms. The predicted molar refractivity (Wildman–Crippen MR) is 90.7 cm³/mol. The summed E-state index contributed by atoms with van der Waals surface area (Å²) >= 11 is 0. The summed E-state index contributed by atoms with van der Waals surface area (Å²) in [5.41, 5.74) is 1.63. The molecule has 0 unspecified atom stereocenters. The van der Waals surface area contributed by atoms with E-state index >= 15 is 0 Å². The summed E-state index contributed by atoms with van der Waals surface area (Å²) in [6, 6.07) is 3.97. The number of piperidine rings is 1. The minimum absolute atomic E-state index is 0.271. The number of aliphatic hydroxyl groups excluding tert-OH is 1. The third-order valence-corrected chi connectivity index (χ3v) is 4.20. The van der Waals surface area contributed by atoms with Gasteiger partial charge in [-0.2, -0.15) is 0 Å². The van der Waals surface area contributed by atoms with Crippen molar-refractivity contribution in [3.8, 4) is 0 Å². The molecule has 1 atom stereocenters. The Bertz CT molecular complexity index is 548. The Hall–Kier alpha value is -1.86. The van der Waals surface area contributed by atoms with Crippen molar-refractivity contribution in [1.29, 1.82) is 0 Å².